The average Bonchev–Trinajstić information content (AvgIpc) is 2.47. The van der Waals surface area contributed by atoms with Crippen molar-refractivity contribution in [2.75, 3.05) is 13.7 Å². The Balaban J connectivity index is 2.30. The van der Waals surface area contributed by atoms with E-state index in [1.165, 1.54) is 6.92 Å². The van der Waals surface area contributed by atoms with Gasteiger partial charge in [0.1, 0.15) is 17.5 Å². The first-order valence-electron chi connectivity index (χ1n) is 6.66. The Hall–Kier alpha value is -2.50. The van der Waals surface area contributed by atoms with Gasteiger partial charge in [0.15, 0.2) is 5.78 Å². The van der Waals surface area contributed by atoms with E-state index in [1.54, 1.807) is 38.3 Å². The van der Waals surface area contributed by atoms with E-state index in [0.29, 0.717) is 12.4 Å². The molecule has 1 amide bonds. The fourth-order valence-corrected chi connectivity index (χ4v) is 2.07. The first-order chi connectivity index (χ1) is 10.1. The molecule has 0 aromatic heterocycles. The number of nitrogens with one attached hydrogen (secondary N) is 2. The van der Waals surface area contributed by atoms with Crippen LogP contribution in [0.3, 0.4) is 0 Å². The molecule has 112 valence electrons. The predicted octanol–water partition coefficient (Wildman–Crippen LogP) is 1.25. The second-order valence-corrected chi connectivity index (χ2v) is 4.53. The van der Waals surface area contributed by atoms with E-state index in [2.05, 4.69) is 10.6 Å². The lowest BCUT2D eigenvalue weighted by Gasteiger charge is -2.28. The van der Waals surface area contributed by atoms with Gasteiger partial charge < -0.3 is 14.8 Å². The molecule has 6 heteroatoms. The van der Waals surface area contributed by atoms with Crippen LogP contribution in [0.4, 0.5) is 0 Å². The molecule has 6 nitrogen and oxygen atoms in total. The van der Waals surface area contributed by atoms with E-state index >= 15 is 0 Å². The summed E-state index contributed by atoms with van der Waals surface area (Å²) in [5.41, 5.74) is 1.01. The Morgan fingerprint density at radius 2 is 1.95 bits per heavy atom. The minimum absolute atomic E-state index is 0.180. The third-order valence-electron chi connectivity index (χ3n) is 3.10. The fraction of sp³-hybridized carbons (Fsp3) is 0.333. The monoisotopic (exact) mass is 290 g/mol. The smallest absolute Gasteiger partial charge is 0.253 e. The average molecular weight is 290 g/mol. The molecule has 2 rings (SSSR count). The van der Waals surface area contributed by atoms with E-state index in [-0.39, 0.29) is 23.3 Å². The van der Waals surface area contributed by atoms with Gasteiger partial charge in [0, 0.05) is 6.92 Å². The van der Waals surface area contributed by atoms with E-state index < -0.39 is 6.04 Å². The van der Waals surface area contributed by atoms with Crippen LogP contribution in [0.2, 0.25) is 0 Å². The highest BCUT2D eigenvalue weighted by Gasteiger charge is 2.31. The van der Waals surface area contributed by atoms with Crippen molar-refractivity contribution in [3.63, 3.8) is 0 Å². The number of benzene rings is 1. The van der Waals surface area contributed by atoms with Crippen LogP contribution in [0.15, 0.2) is 35.8 Å². The summed E-state index contributed by atoms with van der Waals surface area (Å²) in [6, 6.07) is 6.44. The number of allylic oxidation sites excluding steroid dienone is 1. The number of carbonyl (C=O) groups excluding carboxylic acids is 2. The predicted molar refractivity (Wildman–Crippen MR) is 76.3 cm³/mol. The summed E-state index contributed by atoms with van der Waals surface area (Å²) in [6.45, 7) is 3.57. The number of carbonyl (C=O) groups is 2. The number of Topliss-reactive ketones (excluding diaryl/α,β-unsaturated/α-hetero) is 1. The summed E-state index contributed by atoms with van der Waals surface area (Å²) in [6.07, 6.45) is 0. The van der Waals surface area contributed by atoms with Crippen LogP contribution in [0.1, 0.15) is 25.5 Å². The van der Waals surface area contributed by atoms with Crippen molar-refractivity contribution in [1.29, 1.82) is 0 Å². The SMILES string of the molecule is CCOC1=C(C(C)=O)NC(c2ccc(OC)cc2)C(=O)N1. The van der Waals surface area contributed by atoms with Crippen molar-refractivity contribution in [1.82, 2.24) is 10.6 Å². The van der Waals surface area contributed by atoms with Gasteiger partial charge in [-0.25, -0.2) is 0 Å². The summed E-state index contributed by atoms with van der Waals surface area (Å²) in [5, 5.41) is 5.57. The number of ether oxygens (including phenoxy) is 2. The number of hydrogen-bond donors (Lipinski definition) is 2. The highest BCUT2D eigenvalue weighted by Crippen LogP contribution is 2.23. The summed E-state index contributed by atoms with van der Waals surface area (Å²) >= 11 is 0. The summed E-state index contributed by atoms with van der Waals surface area (Å²) in [4.78, 5) is 23.9. The van der Waals surface area contributed by atoms with Crippen LogP contribution in [0.25, 0.3) is 0 Å². The van der Waals surface area contributed by atoms with E-state index in [4.69, 9.17) is 9.47 Å². The molecule has 0 fully saturated rings. The largest absolute Gasteiger partial charge is 0.497 e. The Kier molecular flexibility index (Phi) is 4.47. The quantitative estimate of drug-likeness (QED) is 0.853. The maximum absolute atomic E-state index is 12.2. The molecule has 0 radical (unpaired) electrons. The zero-order chi connectivity index (χ0) is 15.4. The van der Waals surface area contributed by atoms with Gasteiger partial charge in [0.05, 0.1) is 13.7 Å². The molecular weight excluding hydrogens is 272 g/mol. The Morgan fingerprint density at radius 1 is 1.29 bits per heavy atom. The highest BCUT2D eigenvalue weighted by atomic mass is 16.5. The molecule has 1 aromatic rings. The molecule has 21 heavy (non-hydrogen) atoms. The van der Waals surface area contributed by atoms with Gasteiger partial charge in [0.2, 0.25) is 5.88 Å². The summed E-state index contributed by atoms with van der Waals surface area (Å²) in [5.74, 6) is 0.414. The van der Waals surface area contributed by atoms with Crippen LogP contribution in [0, 0.1) is 0 Å². The lowest BCUT2D eigenvalue weighted by molar-refractivity contribution is -0.124. The molecule has 1 aliphatic heterocycles. The summed E-state index contributed by atoms with van der Waals surface area (Å²) in [7, 11) is 1.57. The van der Waals surface area contributed by atoms with Crippen LogP contribution < -0.4 is 15.4 Å². The number of rotatable bonds is 5. The zero-order valence-electron chi connectivity index (χ0n) is 12.2. The number of methoxy groups -OCH3 is 1. The van der Waals surface area contributed by atoms with Gasteiger partial charge in [-0.15, -0.1) is 0 Å². The second kappa shape index (κ2) is 6.30. The number of hydrogen-bond acceptors (Lipinski definition) is 5. The standard InChI is InChI=1S/C15H18N2O4/c1-4-21-15-12(9(2)18)16-13(14(19)17-15)10-5-7-11(20-3)8-6-10/h5-8,13,16H,4H2,1-3H3,(H,17,19). The lowest BCUT2D eigenvalue weighted by atomic mass is 10.0. The second-order valence-electron chi connectivity index (χ2n) is 4.53. The van der Waals surface area contributed by atoms with E-state index in [9.17, 15) is 9.59 Å². The van der Waals surface area contributed by atoms with Crippen molar-refractivity contribution >= 4 is 11.7 Å². The van der Waals surface area contributed by atoms with Crippen molar-refractivity contribution in [2.24, 2.45) is 0 Å². The van der Waals surface area contributed by atoms with Crippen molar-refractivity contribution in [3.8, 4) is 5.75 Å². The third kappa shape index (κ3) is 3.16. The lowest BCUT2D eigenvalue weighted by Crippen LogP contribution is -2.45. The van der Waals surface area contributed by atoms with Gasteiger partial charge in [-0.3, -0.25) is 14.9 Å². The Morgan fingerprint density at radius 3 is 2.48 bits per heavy atom. The van der Waals surface area contributed by atoms with Crippen molar-refractivity contribution < 1.29 is 19.1 Å². The van der Waals surface area contributed by atoms with Crippen LogP contribution in [-0.4, -0.2) is 25.4 Å². The minimum atomic E-state index is -0.640. The Labute approximate surface area is 123 Å². The molecule has 0 saturated carbocycles. The molecule has 1 aromatic carbocycles. The van der Waals surface area contributed by atoms with Gasteiger partial charge in [-0.05, 0) is 24.6 Å². The number of ketones is 1. The molecule has 1 aliphatic rings. The maximum atomic E-state index is 12.2. The maximum Gasteiger partial charge on any atom is 0.253 e. The topological polar surface area (TPSA) is 76.7 Å². The molecular formula is C15H18N2O4. The van der Waals surface area contributed by atoms with Gasteiger partial charge in [-0.1, -0.05) is 12.1 Å². The Bertz CT molecular complexity index is 578. The first kappa shape index (κ1) is 14.9. The van der Waals surface area contributed by atoms with Gasteiger partial charge >= 0.3 is 0 Å². The molecule has 1 atom stereocenters. The van der Waals surface area contributed by atoms with Crippen LogP contribution in [0.5, 0.6) is 5.75 Å². The third-order valence-corrected chi connectivity index (χ3v) is 3.10. The van der Waals surface area contributed by atoms with Crippen molar-refractivity contribution in [3.05, 3.63) is 41.4 Å². The molecule has 1 heterocycles. The molecule has 0 spiro atoms. The molecule has 0 saturated heterocycles. The highest BCUT2D eigenvalue weighted by molar-refractivity contribution is 5.97. The normalized spacial score (nSPS) is 17.9. The van der Waals surface area contributed by atoms with Crippen LogP contribution >= 0.6 is 0 Å². The fourth-order valence-electron chi connectivity index (χ4n) is 2.07. The molecule has 1 unspecified atom stereocenters. The molecule has 0 aliphatic carbocycles. The molecule has 2 N–H and O–H groups in total. The minimum Gasteiger partial charge on any atom is -0.497 e. The van der Waals surface area contributed by atoms with E-state index in [0.717, 1.165) is 5.56 Å². The van der Waals surface area contributed by atoms with Crippen molar-refractivity contribution in [2.45, 2.75) is 19.9 Å². The molecule has 0 bridgehead atoms. The summed E-state index contributed by atoms with van der Waals surface area (Å²) < 4.78 is 10.4. The van der Waals surface area contributed by atoms with E-state index in [1.807, 2.05) is 0 Å². The van der Waals surface area contributed by atoms with Gasteiger partial charge in [-0.2, -0.15) is 0 Å². The zero-order valence-corrected chi connectivity index (χ0v) is 12.2. The van der Waals surface area contributed by atoms with Crippen LogP contribution in [-0.2, 0) is 14.3 Å². The first-order valence-corrected chi connectivity index (χ1v) is 6.66. The van der Waals surface area contributed by atoms with Gasteiger partial charge in [0.25, 0.3) is 5.91 Å². The number of amides is 1.